The third-order valence-electron chi connectivity index (χ3n) is 3.84. The molecule has 1 aromatic heterocycles. The molecular weight excluding hydrogens is 355 g/mol. The van der Waals surface area contributed by atoms with Crippen molar-refractivity contribution in [1.82, 2.24) is 0 Å². The number of nitrogens with one attached hydrogen (secondary N) is 1. The second kappa shape index (κ2) is 7.47. The van der Waals surface area contributed by atoms with Crippen LogP contribution in [0, 0.1) is 5.82 Å². The first-order valence-electron chi connectivity index (χ1n) is 7.70. The number of carboxylic acid groups (broad SMARTS) is 1. The highest BCUT2D eigenvalue weighted by molar-refractivity contribution is 7.15. The van der Waals surface area contributed by atoms with E-state index >= 15 is 0 Å². The summed E-state index contributed by atoms with van der Waals surface area (Å²) >= 11 is 1.12. The van der Waals surface area contributed by atoms with Crippen LogP contribution in [0.25, 0.3) is 11.1 Å². The summed E-state index contributed by atoms with van der Waals surface area (Å²) in [6, 6.07) is 12.3. The fourth-order valence-electron chi connectivity index (χ4n) is 2.47. The zero-order valence-corrected chi connectivity index (χ0v) is 14.3. The van der Waals surface area contributed by atoms with E-state index in [0.717, 1.165) is 22.5 Å². The summed E-state index contributed by atoms with van der Waals surface area (Å²) in [6.45, 7) is 0.398. The summed E-state index contributed by atoms with van der Waals surface area (Å²) in [5, 5.41) is 14.1. The van der Waals surface area contributed by atoms with Crippen LogP contribution in [0.5, 0.6) is 0 Å². The molecule has 0 saturated carbocycles. The van der Waals surface area contributed by atoms with Crippen molar-refractivity contribution in [3.8, 4) is 11.1 Å². The molecule has 0 aliphatic carbocycles. The van der Waals surface area contributed by atoms with Crippen LogP contribution < -0.4 is 11.1 Å². The van der Waals surface area contributed by atoms with Crippen molar-refractivity contribution < 1.29 is 19.1 Å². The third-order valence-corrected chi connectivity index (χ3v) is 4.73. The molecule has 3 rings (SSSR count). The third kappa shape index (κ3) is 3.63. The lowest BCUT2D eigenvalue weighted by molar-refractivity contribution is 0.0699. The average molecular weight is 370 g/mol. The molecule has 0 saturated heterocycles. The molecular formula is C19H15FN2O3S. The molecule has 0 spiro atoms. The molecule has 4 N–H and O–H groups in total. The van der Waals surface area contributed by atoms with E-state index in [2.05, 4.69) is 5.32 Å². The Morgan fingerprint density at radius 2 is 1.73 bits per heavy atom. The van der Waals surface area contributed by atoms with Crippen molar-refractivity contribution in [2.75, 3.05) is 5.32 Å². The van der Waals surface area contributed by atoms with Crippen molar-refractivity contribution in [2.24, 2.45) is 5.73 Å². The number of hydrogen-bond donors (Lipinski definition) is 3. The Morgan fingerprint density at radius 1 is 1.08 bits per heavy atom. The lowest BCUT2D eigenvalue weighted by Crippen LogP contribution is -2.13. The van der Waals surface area contributed by atoms with Gasteiger partial charge in [0.15, 0.2) is 0 Å². The molecule has 0 aliphatic heterocycles. The zero-order chi connectivity index (χ0) is 18.7. The first-order valence-corrected chi connectivity index (χ1v) is 8.58. The molecule has 1 amide bonds. The predicted octanol–water partition coefficient (Wildman–Crippen LogP) is 3.96. The number of amides is 1. The molecule has 3 aromatic rings. The van der Waals surface area contributed by atoms with Gasteiger partial charge in [-0.05, 0) is 35.4 Å². The summed E-state index contributed by atoms with van der Waals surface area (Å²) in [5.74, 6) is -2.09. The Hall–Kier alpha value is -3.03. The maximum absolute atomic E-state index is 13.0. The van der Waals surface area contributed by atoms with E-state index in [-0.39, 0.29) is 16.1 Å². The minimum atomic E-state index is -1.14. The number of halogens is 1. The van der Waals surface area contributed by atoms with E-state index in [9.17, 15) is 19.1 Å². The van der Waals surface area contributed by atoms with E-state index in [1.54, 1.807) is 17.5 Å². The van der Waals surface area contributed by atoms with Crippen LogP contribution in [0.3, 0.4) is 0 Å². The van der Waals surface area contributed by atoms with E-state index < -0.39 is 17.7 Å². The van der Waals surface area contributed by atoms with E-state index in [1.807, 2.05) is 12.1 Å². The molecule has 2 aromatic carbocycles. The number of hydrogen-bond acceptors (Lipinski definition) is 4. The Balaban J connectivity index is 1.93. The van der Waals surface area contributed by atoms with Gasteiger partial charge in [0.25, 0.3) is 5.91 Å². The number of carbonyl (C=O) groups is 2. The van der Waals surface area contributed by atoms with Gasteiger partial charge in [-0.1, -0.05) is 24.3 Å². The molecule has 0 radical (unpaired) electrons. The van der Waals surface area contributed by atoms with Crippen molar-refractivity contribution in [3.05, 3.63) is 76.4 Å². The first kappa shape index (κ1) is 17.8. The van der Waals surface area contributed by atoms with Gasteiger partial charge in [0, 0.05) is 23.1 Å². The summed E-state index contributed by atoms with van der Waals surface area (Å²) in [6.07, 6.45) is 0. The lowest BCUT2D eigenvalue weighted by atomic mass is 10.0. The number of nitrogens with two attached hydrogens (primary N) is 1. The van der Waals surface area contributed by atoms with Gasteiger partial charge in [-0.25, -0.2) is 9.18 Å². The minimum absolute atomic E-state index is 0.0194. The summed E-state index contributed by atoms with van der Waals surface area (Å²) in [5.41, 5.74) is 8.01. The highest BCUT2D eigenvalue weighted by Gasteiger charge is 2.21. The Labute approximate surface area is 152 Å². The molecule has 0 unspecified atom stereocenters. The number of carboxylic acids is 1. The molecule has 7 heteroatoms. The lowest BCUT2D eigenvalue weighted by Gasteiger charge is -2.07. The summed E-state index contributed by atoms with van der Waals surface area (Å²) in [7, 11) is 0. The smallest absolute Gasteiger partial charge is 0.339 e. The Morgan fingerprint density at radius 3 is 2.31 bits per heavy atom. The van der Waals surface area contributed by atoms with Gasteiger partial charge < -0.3 is 16.2 Å². The van der Waals surface area contributed by atoms with E-state index in [0.29, 0.717) is 12.1 Å². The fraction of sp³-hybridized carbons (Fsp3) is 0.0526. The number of rotatable bonds is 5. The number of carbonyl (C=O) groups excluding carboxylic acids is 1. The van der Waals surface area contributed by atoms with Gasteiger partial charge in [-0.3, -0.25) is 4.79 Å². The molecule has 5 nitrogen and oxygen atoms in total. The largest absolute Gasteiger partial charge is 0.478 e. The van der Waals surface area contributed by atoms with Crippen molar-refractivity contribution in [2.45, 2.75) is 6.54 Å². The quantitative estimate of drug-likeness (QED) is 0.634. The summed E-state index contributed by atoms with van der Waals surface area (Å²) in [4.78, 5) is 24.0. The highest BCUT2D eigenvalue weighted by atomic mass is 32.1. The van der Waals surface area contributed by atoms with Crippen LogP contribution in [-0.2, 0) is 6.54 Å². The van der Waals surface area contributed by atoms with Gasteiger partial charge in [0.2, 0.25) is 0 Å². The van der Waals surface area contributed by atoms with Gasteiger partial charge in [0.05, 0.1) is 0 Å². The number of thiophene rings is 1. The van der Waals surface area contributed by atoms with E-state index in [1.165, 1.54) is 24.3 Å². The molecule has 26 heavy (non-hydrogen) atoms. The number of aromatic carboxylic acids is 1. The number of benzene rings is 2. The maximum atomic E-state index is 13.0. The highest BCUT2D eigenvalue weighted by Crippen LogP contribution is 2.36. The molecule has 0 fully saturated rings. The van der Waals surface area contributed by atoms with Crippen molar-refractivity contribution in [1.29, 1.82) is 0 Å². The van der Waals surface area contributed by atoms with E-state index in [4.69, 9.17) is 5.73 Å². The Bertz CT molecular complexity index is 950. The minimum Gasteiger partial charge on any atom is -0.478 e. The average Bonchev–Trinajstić information content (AvgIpc) is 3.06. The first-order chi connectivity index (χ1) is 12.5. The van der Waals surface area contributed by atoms with Gasteiger partial charge in [-0.2, -0.15) is 0 Å². The SMILES string of the molecule is NCc1ccc(-c2csc(NC(=O)c3ccc(F)cc3)c2C(=O)O)cc1. The molecule has 1 heterocycles. The van der Waals surface area contributed by atoms with Crippen LogP contribution in [-0.4, -0.2) is 17.0 Å². The monoisotopic (exact) mass is 370 g/mol. The Kier molecular flexibility index (Phi) is 5.11. The van der Waals surface area contributed by atoms with Crippen LogP contribution in [0.15, 0.2) is 53.9 Å². The summed E-state index contributed by atoms with van der Waals surface area (Å²) < 4.78 is 13.0. The van der Waals surface area contributed by atoms with Crippen LogP contribution in [0.2, 0.25) is 0 Å². The molecule has 0 bridgehead atoms. The van der Waals surface area contributed by atoms with Gasteiger partial charge >= 0.3 is 5.97 Å². The topological polar surface area (TPSA) is 92.4 Å². The fourth-order valence-corrected chi connectivity index (χ4v) is 3.43. The van der Waals surface area contributed by atoms with Crippen molar-refractivity contribution >= 4 is 28.2 Å². The second-order valence-corrected chi connectivity index (χ2v) is 6.40. The molecule has 0 aliphatic rings. The normalized spacial score (nSPS) is 10.5. The standard InChI is InChI=1S/C19H15FN2O3S/c20-14-7-5-13(6-8-14)17(23)22-18-16(19(24)25)15(10-26-18)12-3-1-11(9-21)2-4-12/h1-8,10H,9,21H2,(H,22,23)(H,24,25). The van der Waals surface area contributed by atoms with Crippen LogP contribution in [0.4, 0.5) is 9.39 Å². The molecule has 0 atom stereocenters. The maximum Gasteiger partial charge on any atom is 0.339 e. The van der Waals surface area contributed by atoms with Gasteiger partial charge in [0.1, 0.15) is 16.4 Å². The molecule has 132 valence electrons. The number of anilines is 1. The van der Waals surface area contributed by atoms with Crippen LogP contribution >= 0.6 is 11.3 Å². The zero-order valence-electron chi connectivity index (χ0n) is 13.5. The van der Waals surface area contributed by atoms with Crippen LogP contribution in [0.1, 0.15) is 26.3 Å². The van der Waals surface area contributed by atoms with Crippen molar-refractivity contribution in [3.63, 3.8) is 0 Å². The predicted molar refractivity (Wildman–Crippen MR) is 99.0 cm³/mol. The van der Waals surface area contributed by atoms with Gasteiger partial charge in [-0.15, -0.1) is 11.3 Å². The second-order valence-electron chi connectivity index (χ2n) is 5.52.